The van der Waals surface area contributed by atoms with Crippen LogP contribution in [0.25, 0.3) is 11.1 Å². The SMILES string of the molecule is Cc1cccc(N(c2ccccc2)c2ccc(-c3ccc(Br)cc3)cc2)c1. The van der Waals surface area contributed by atoms with Crippen molar-refractivity contribution in [1.29, 1.82) is 0 Å². The molecular formula is C25H20BrN. The Morgan fingerprint density at radius 3 is 1.74 bits per heavy atom. The largest absolute Gasteiger partial charge is 0.310 e. The van der Waals surface area contributed by atoms with Crippen LogP contribution in [0.5, 0.6) is 0 Å². The molecule has 132 valence electrons. The Bertz CT molecular complexity index is 1020. The van der Waals surface area contributed by atoms with Gasteiger partial charge in [0.1, 0.15) is 0 Å². The minimum Gasteiger partial charge on any atom is -0.310 e. The van der Waals surface area contributed by atoms with Gasteiger partial charge in [-0.05, 0) is 72.1 Å². The van der Waals surface area contributed by atoms with Gasteiger partial charge in [0.15, 0.2) is 0 Å². The molecule has 0 aliphatic heterocycles. The number of hydrogen-bond donors (Lipinski definition) is 0. The van der Waals surface area contributed by atoms with Gasteiger partial charge in [0.05, 0.1) is 0 Å². The number of aryl methyl sites for hydroxylation is 1. The first-order chi connectivity index (χ1) is 13.2. The lowest BCUT2D eigenvalue weighted by molar-refractivity contribution is 1.27. The molecule has 0 amide bonds. The van der Waals surface area contributed by atoms with Gasteiger partial charge in [0, 0.05) is 21.5 Å². The summed E-state index contributed by atoms with van der Waals surface area (Å²) in [5.41, 5.74) is 7.14. The Morgan fingerprint density at radius 1 is 0.556 bits per heavy atom. The molecular weight excluding hydrogens is 394 g/mol. The topological polar surface area (TPSA) is 3.24 Å². The molecule has 4 aromatic rings. The van der Waals surface area contributed by atoms with Crippen LogP contribution in [0, 0.1) is 6.92 Å². The number of benzene rings is 4. The van der Waals surface area contributed by atoms with E-state index in [1.54, 1.807) is 0 Å². The quantitative estimate of drug-likeness (QED) is 0.328. The van der Waals surface area contributed by atoms with Gasteiger partial charge in [-0.15, -0.1) is 0 Å². The third kappa shape index (κ3) is 3.96. The summed E-state index contributed by atoms with van der Waals surface area (Å²) in [7, 11) is 0. The maximum Gasteiger partial charge on any atom is 0.0464 e. The molecule has 0 fully saturated rings. The molecule has 0 aliphatic carbocycles. The number of anilines is 3. The van der Waals surface area contributed by atoms with E-state index in [0.717, 1.165) is 21.5 Å². The molecule has 0 spiro atoms. The first kappa shape index (κ1) is 17.6. The minimum atomic E-state index is 1.09. The summed E-state index contributed by atoms with van der Waals surface area (Å²) >= 11 is 3.50. The normalized spacial score (nSPS) is 10.6. The second kappa shape index (κ2) is 7.81. The highest BCUT2D eigenvalue weighted by Crippen LogP contribution is 2.35. The first-order valence-corrected chi connectivity index (χ1v) is 9.78. The van der Waals surface area contributed by atoms with Crippen molar-refractivity contribution in [2.75, 3.05) is 4.90 Å². The predicted octanol–water partition coefficient (Wildman–Crippen LogP) is 7.89. The van der Waals surface area contributed by atoms with Crippen LogP contribution in [0.3, 0.4) is 0 Å². The highest BCUT2D eigenvalue weighted by atomic mass is 79.9. The monoisotopic (exact) mass is 413 g/mol. The first-order valence-electron chi connectivity index (χ1n) is 8.98. The van der Waals surface area contributed by atoms with Crippen LogP contribution in [0.4, 0.5) is 17.1 Å². The van der Waals surface area contributed by atoms with Crippen molar-refractivity contribution in [1.82, 2.24) is 0 Å². The van der Waals surface area contributed by atoms with Crippen LogP contribution in [-0.2, 0) is 0 Å². The molecule has 0 atom stereocenters. The molecule has 4 aromatic carbocycles. The average Bonchev–Trinajstić information content (AvgIpc) is 2.70. The Morgan fingerprint density at radius 2 is 1.11 bits per heavy atom. The number of hydrogen-bond acceptors (Lipinski definition) is 1. The molecule has 2 heteroatoms. The second-order valence-corrected chi connectivity index (χ2v) is 7.48. The van der Waals surface area contributed by atoms with Gasteiger partial charge in [0.25, 0.3) is 0 Å². The number of nitrogens with zero attached hydrogens (tertiary/aromatic N) is 1. The lowest BCUT2D eigenvalue weighted by Crippen LogP contribution is -2.09. The lowest BCUT2D eigenvalue weighted by Gasteiger charge is -2.26. The Balaban J connectivity index is 1.75. The van der Waals surface area contributed by atoms with Crippen molar-refractivity contribution >= 4 is 33.0 Å². The van der Waals surface area contributed by atoms with Crippen LogP contribution < -0.4 is 4.90 Å². The van der Waals surface area contributed by atoms with Crippen LogP contribution in [0.15, 0.2) is 108 Å². The molecule has 0 saturated heterocycles. The smallest absolute Gasteiger partial charge is 0.0464 e. The third-order valence-electron chi connectivity index (χ3n) is 4.58. The molecule has 0 aliphatic rings. The van der Waals surface area contributed by atoms with Crippen LogP contribution in [-0.4, -0.2) is 0 Å². The number of rotatable bonds is 4. The van der Waals surface area contributed by atoms with E-state index in [1.807, 2.05) is 0 Å². The van der Waals surface area contributed by atoms with E-state index in [0.29, 0.717) is 0 Å². The van der Waals surface area contributed by atoms with Gasteiger partial charge < -0.3 is 4.90 Å². The zero-order valence-electron chi connectivity index (χ0n) is 15.1. The Kier molecular flexibility index (Phi) is 5.08. The summed E-state index contributed by atoms with van der Waals surface area (Å²) in [6, 6.07) is 36.3. The summed E-state index contributed by atoms with van der Waals surface area (Å²) in [6.07, 6.45) is 0. The average molecular weight is 414 g/mol. The predicted molar refractivity (Wildman–Crippen MR) is 119 cm³/mol. The molecule has 1 nitrogen and oxygen atoms in total. The van der Waals surface area contributed by atoms with E-state index in [2.05, 4.69) is 131 Å². The highest BCUT2D eigenvalue weighted by Gasteiger charge is 2.12. The molecule has 27 heavy (non-hydrogen) atoms. The molecule has 0 heterocycles. The van der Waals surface area contributed by atoms with Gasteiger partial charge in [-0.1, -0.05) is 70.5 Å². The van der Waals surface area contributed by atoms with Gasteiger partial charge >= 0.3 is 0 Å². The van der Waals surface area contributed by atoms with Crippen molar-refractivity contribution in [3.8, 4) is 11.1 Å². The van der Waals surface area contributed by atoms with Crippen molar-refractivity contribution in [3.63, 3.8) is 0 Å². The Hall–Kier alpha value is -2.84. The molecule has 0 unspecified atom stereocenters. The second-order valence-electron chi connectivity index (χ2n) is 6.56. The van der Waals surface area contributed by atoms with E-state index in [-0.39, 0.29) is 0 Å². The summed E-state index contributed by atoms with van der Waals surface area (Å²) in [5, 5.41) is 0. The van der Waals surface area contributed by atoms with Gasteiger partial charge in [-0.2, -0.15) is 0 Å². The highest BCUT2D eigenvalue weighted by molar-refractivity contribution is 9.10. The van der Waals surface area contributed by atoms with Crippen LogP contribution in [0.1, 0.15) is 5.56 Å². The molecule has 0 N–H and O–H groups in total. The summed E-state index contributed by atoms with van der Waals surface area (Å²) in [4.78, 5) is 2.29. The van der Waals surface area contributed by atoms with E-state index in [1.165, 1.54) is 16.7 Å². The third-order valence-corrected chi connectivity index (χ3v) is 5.11. The lowest BCUT2D eigenvalue weighted by atomic mass is 10.0. The van der Waals surface area contributed by atoms with Crippen molar-refractivity contribution < 1.29 is 0 Å². The molecule has 0 bridgehead atoms. The van der Waals surface area contributed by atoms with Crippen molar-refractivity contribution in [3.05, 3.63) is 113 Å². The fourth-order valence-electron chi connectivity index (χ4n) is 3.24. The standard InChI is InChI=1S/C25H20BrN/c1-19-6-5-9-25(18-19)27(23-7-3-2-4-8-23)24-16-12-21(13-17-24)20-10-14-22(26)15-11-20/h2-18H,1H3. The summed E-state index contributed by atoms with van der Waals surface area (Å²) in [6.45, 7) is 2.13. The molecule has 0 aromatic heterocycles. The van der Waals surface area contributed by atoms with E-state index >= 15 is 0 Å². The minimum absolute atomic E-state index is 1.09. The fourth-order valence-corrected chi connectivity index (χ4v) is 3.50. The van der Waals surface area contributed by atoms with Crippen LogP contribution >= 0.6 is 15.9 Å². The van der Waals surface area contributed by atoms with Gasteiger partial charge in [0.2, 0.25) is 0 Å². The zero-order chi connectivity index (χ0) is 18.6. The summed E-state index contributed by atoms with van der Waals surface area (Å²) < 4.78 is 1.09. The van der Waals surface area contributed by atoms with Gasteiger partial charge in [-0.3, -0.25) is 0 Å². The maximum atomic E-state index is 3.50. The van der Waals surface area contributed by atoms with Crippen LogP contribution in [0.2, 0.25) is 0 Å². The maximum absolute atomic E-state index is 3.50. The van der Waals surface area contributed by atoms with E-state index in [9.17, 15) is 0 Å². The number of halogens is 1. The number of para-hydroxylation sites is 1. The van der Waals surface area contributed by atoms with E-state index in [4.69, 9.17) is 0 Å². The van der Waals surface area contributed by atoms with Crippen molar-refractivity contribution in [2.24, 2.45) is 0 Å². The fraction of sp³-hybridized carbons (Fsp3) is 0.0400. The molecule has 0 radical (unpaired) electrons. The van der Waals surface area contributed by atoms with E-state index < -0.39 is 0 Å². The molecule has 4 rings (SSSR count). The zero-order valence-corrected chi connectivity index (χ0v) is 16.7. The molecule has 0 saturated carbocycles. The summed E-state index contributed by atoms with van der Waals surface area (Å²) in [5.74, 6) is 0. The Labute approximate surface area is 169 Å². The van der Waals surface area contributed by atoms with Crippen molar-refractivity contribution in [2.45, 2.75) is 6.92 Å². The van der Waals surface area contributed by atoms with Gasteiger partial charge in [-0.25, -0.2) is 0 Å².